The molecule has 0 bridgehead atoms. The summed E-state index contributed by atoms with van der Waals surface area (Å²) in [6, 6.07) is 0. The van der Waals surface area contributed by atoms with E-state index in [1.807, 2.05) is 6.92 Å². The Hall–Kier alpha value is -0.120. The molecule has 3 N–H and O–H groups in total. The normalized spacial score (nSPS) is 19.7. The van der Waals surface area contributed by atoms with Gasteiger partial charge < -0.3 is 15.3 Å². The molecular formula is C16H34O3. The lowest BCUT2D eigenvalue weighted by molar-refractivity contribution is -0.0239. The topological polar surface area (TPSA) is 60.7 Å². The van der Waals surface area contributed by atoms with Crippen molar-refractivity contribution in [3.05, 3.63) is 0 Å². The van der Waals surface area contributed by atoms with Gasteiger partial charge in [-0.25, -0.2) is 0 Å². The molecule has 3 heteroatoms. The molecule has 0 aliphatic carbocycles. The minimum absolute atomic E-state index is 0.0412. The van der Waals surface area contributed by atoms with Crippen LogP contribution in [-0.4, -0.2) is 34.6 Å². The van der Waals surface area contributed by atoms with Crippen LogP contribution in [0.25, 0.3) is 0 Å². The van der Waals surface area contributed by atoms with E-state index in [2.05, 4.69) is 20.8 Å². The van der Waals surface area contributed by atoms with E-state index < -0.39 is 6.10 Å². The molecule has 5 atom stereocenters. The van der Waals surface area contributed by atoms with Crippen LogP contribution >= 0.6 is 0 Å². The van der Waals surface area contributed by atoms with E-state index in [-0.39, 0.29) is 31.0 Å². The first-order valence-electron chi connectivity index (χ1n) is 8.00. The number of aliphatic hydroxyl groups is 3. The van der Waals surface area contributed by atoms with Crippen molar-refractivity contribution in [2.75, 3.05) is 13.2 Å². The summed E-state index contributed by atoms with van der Waals surface area (Å²) in [6.45, 7) is 8.61. The second kappa shape index (κ2) is 10.6. The molecule has 19 heavy (non-hydrogen) atoms. The van der Waals surface area contributed by atoms with Gasteiger partial charge in [-0.15, -0.1) is 0 Å². The molecule has 0 aliphatic heterocycles. The lowest BCUT2D eigenvalue weighted by Gasteiger charge is -2.37. The largest absolute Gasteiger partial charge is 0.396 e. The number of hydrogen-bond acceptors (Lipinski definition) is 3. The molecule has 0 amide bonds. The van der Waals surface area contributed by atoms with Gasteiger partial charge in [0.25, 0.3) is 0 Å². The quantitative estimate of drug-likeness (QED) is 0.543. The highest BCUT2D eigenvalue weighted by atomic mass is 16.3. The fourth-order valence-corrected chi connectivity index (χ4v) is 3.33. The van der Waals surface area contributed by atoms with Crippen LogP contribution in [-0.2, 0) is 0 Å². The third-order valence-corrected chi connectivity index (χ3v) is 4.69. The van der Waals surface area contributed by atoms with Gasteiger partial charge in [0.05, 0.1) is 6.10 Å². The average molecular weight is 274 g/mol. The zero-order chi connectivity index (χ0) is 14.8. The number of aliphatic hydroxyl groups excluding tert-OH is 3. The molecule has 0 saturated heterocycles. The molecule has 0 unspecified atom stereocenters. The first-order valence-corrected chi connectivity index (χ1v) is 8.00. The molecule has 0 spiro atoms. The highest BCUT2D eigenvalue weighted by Gasteiger charge is 2.34. The lowest BCUT2D eigenvalue weighted by Crippen LogP contribution is -2.38. The molecule has 0 rings (SSSR count). The van der Waals surface area contributed by atoms with Gasteiger partial charge in [-0.3, -0.25) is 0 Å². The van der Waals surface area contributed by atoms with Crippen molar-refractivity contribution < 1.29 is 15.3 Å². The van der Waals surface area contributed by atoms with E-state index >= 15 is 0 Å². The molecule has 0 aromatic rings. The summed E-state index contributed by atoms with van der Waals surface area (Å²) in [7, 11) is 0. The highest BCUT2D eigenvalue weighted by molar-refractivity contribution is 4.83. The second-order valence-electron chi connectivity index (χ2n) is 5.72. The van der Waals surface area contributed by atoms with Gasteiger partial charge in [-0.05, 0) is 30.6 Å². The maximum Gasteiger partial charge on any atom is 0.0620 e. The van der Waals surface area contributed by atoms with Crippen LogP contribution in [0.4, 0.5) is 0 Å². The van der Waals surface area contributed by atoms with Crippen LogP contribution in [0.2, 0.25) is 0 Å². The van der Waals surface area contributed by atoms with E-state index in [4.69, 9.17) is 0 Å². The summed E-state index contributed by atoms with van der Waals surface area (Å²) in [5.41, 5.74) is 0. The van der Waals surface area contributed by atoms with Crippen molar-refractivity contribution in [2.24, 2.45) is 23.7 Å². The van der Waals surface area contributed by atoms with Crippen LogP contribution < -0.4 is 0 Å². The standard InChI is InChI=1S/C16H34O3/c1-5-9-15(12(6-2)10-17)14(8-4)16(19)13(7-3)11-18/h12-19H,5-11H2,1-4H3/t12-,13+,14-,15-,16-/m1/s1. The SMILES string of the molecule is CCC[C@H]([C@H](CC)CO)[C@@H](CC)[C@H](O)[C@@H](CC)CO. The van der Waals surface area contributed by atoms with Gasteiger partial charge in [0.15, 0.2) is 0 Å². The predicted molar refractivity (Wildman–Crippen MR) is 79.9 cm³/mol. The molecule has 0 radical (unpaired) electrons. The summed E-state index contributed by atoms with van der Waals surface area (Å²) in [4.78, 5) is 0. The predicted octanol–water partition coefficient (Wildman–Crippen LogP) is 2.83. The van der Waals surface area contributed by atoms with Gasteiger partial charge >= 0.3 is 0 Å². The molecule has 0 heterocycles. The van der Waals surface area contributed by atoms with Gasteiger partial charge in [-0.1, -0.05) is 47.0 Å². The summed E-state index contributed by atoms with van der Waals surface area (Å²) in [5.74, 6) is 0.742. The van der Waals surface area contributed by atoms with Crippen LogP contribution in [0.5, 0.6) is 0 Å². The summed E-state index contributed by atoms with van der Waals surface area (Å²) >= 11 is 0. The average Bonchev–Trinajstić information content (AvgIpc) is 2.42. The highest BCUT2D eigenvalue weighted by Crippen LogP contribution is 2.35. The van der Waals surface area contributed by atoms with E-state index in [1.54, 1.807) is 0 Å². The smallest absolute Gasteiger partial charge is 0.0620 e. The summed E-state index contributed by atoms with van der Waals surface area (Å²) < 4.78 is 0. The fourth-order valence-electron chi connectivity index (χ4n) is 3.33. The Labute approximate surface area is 119 Å². The van der Waals surface area contributed by atoms with Gasteiger partial charge in [0.2, 0.25) is 0 Å². The van der Waals surface area contributed by atoms with Crippen molar-refractivity contribution in [1.82, 2.24) is 0 Å². The maximum absolute atomic E-state index is 10.6. The summed E-state index contributed by atoms with van der Waals surface area (Å²) in [5, 5.41) is 29.5. The Morgan fingerprint density at radius 3 is 1.58 bits per heavy atom. The van der Waals surface area contributed by atoms with Crippen LogP contribution in [0.1, 0.15) is 59.8 Å². The zero-order valence-corrected chi connectivity index (χ0v) is 13.2. The molecule has 0 aromatic carbocycles. The third kappa shape index (κ3) is 5.41. The van der Waals surface area contributed by atoms with Crippen LogP contribution in [0.3, 0.4) is 0 Å². The zero-order valence-electron chi connectivity index (χ0n) is 13.2. The fraction of sp³-hybridized carbons (Fsp3) is 1.00. The Morgan fingerprint density at radius 1 is 0.737 bits per heavy atom. The van der Waals surface area contributed by atoms with Crippen molar-refractivity contribution in [1.29, 1.82) is 0 Å². The maximum atomic E-state index is 10.6. The minimum Gasteiger partial charge on any atom is -0.396 e. The monoisotopic (exact) mass is 274 g/mol. The molecule has 3 nitrogen and oxygen atoms in total. The van der Waals surface area contributed by atoms with E-state index in [0.717, 1.165) is 32.1 Å². The first kappa shape index (κ1) is 18.9. The second-order valence-corrected chi connectivity index (χ2v) is 5.72. The molecule has 0 saturated carbocycles. The van der Waals surface area contributed by atoms with E-state index in [0.29, 0.717) is 5.92 Å². The van der Waals surface area contributed by atoms with Crippen LogP contribution in [0, 0.1) is 23.7 Å². The molecule has 116 valence electrons. The Balaban J connectivity index is 5.00. The van der Waals surface area contributed by atoms with Crippen molar-refractivity contribution in [2.45, 2.75) is 65.9 Å². The minimum atomic E-state index is -0.461. The van der Waals surface area contributed by atoms with Crippen molar-refractivity contribution in [3.63, 3.8) is 0 Å². The Morgan fingerprint density at radius 2 is 1.26 bits per heavy atom. The van der Waals surface area contributed by atoms with Crippen LogP contribution in [0.15, 0.2) is 0 Å². The lowest BCUT2D eigenvalue weighted by atomic mass is 9.71. The van der Waals surface area contributed by atoms with E-state index in [9.17, 15) is 15.3 Å². The number of rotatable bonds is 11. The van der Waals surface area contributed by atoms with Gasteiger partial charge in [-0.2, -0.15) is 0 Å². The summed E-state index contributed by atoms with van der Waals surface area (Å²) in [6.07, 6.45) is 4.29. The Kier molecular flexibility index (Phi) is 10.6. The van der Waals surface area contributed by atoms with Crippen molar-refractivity contribution in [3.8, 4) is 0 Å². The third-order valence-electron chi connectivity index (χ3n) is 4.69. The first-order chi connectivity index (χ1) is 9.10. The number of hydrogen-bond donors (Lipinski definition) is 3. The van der Waals surface area contributed by atoms with Gasteiger partial charge in [0.1, 0.15) is 0 Å². The van der Waals surface area contributed by atoms with Gasteiger partial charge in [0, 0.05) is 19.1 Å². The molecular weight excluding hydrogens is 240 g/mol. The Bertz CT molecular complexity index is 200. The molecule has 0 aromatic heterocycles. The molecule has 0 fully saturated rings. The van der Waals surface area contributed by atoms with Crippen molar-refractivity contribution >= 4 is 0 Å². The molecule has 0 aliphatic rings. The van der Waals surface area contributed by atoms with E-state index in [1.165, 1.54) is 0 Å².